The number of aliphatic hydroxyl groups is 1. The molecule has 6 N–H and O–H groups in total. The van der Waals surface area contributed by atoms with Crippen LogP contribution in [0.2, 0.25) is 0 Å². The molecule has 0 aromatic carbocycles. The number of hydrogen-bond donors (Lipinski definition) is 5. The molecular formula is C34H63N3O5S. The van der Waals surface area contributed by atoms with E-state index in [0.29, 0.717) is 42.1 Å². The van der Waals surface area contributed by atoms with Crippen molar-refractivity contribution in [3.8, 4) is 0 Å². The molecule has 0 aromatic heterocycles. The molecule has 3 fully saturated rings. The van der Waals surface area contributed by atoms with Crippen LogP contribution in [0.4, 0.5) is 0 Å². The molecule has 3 unspecified atom stereocenters. The number of aliphatic hydroxyl groups excluding tert-OH is 1. The first-order valence-electron chi connectivity index (χ1n) is 17.5. The van der Waals surface area contributed by atoms with Gasteiger partial charge in [0.1, 0.15) is 0 Å². The van der Waals surface area contributed by atoms with Crippen LogP contribution in [0.5, 0.6) is 0 Å². The van der Waals surface area contributed by atoms with Gasteiger partial charge >= 0.3 is 10.4 Å². The van der Waals surface area contributed by atoms with Crippen LogP contribution in [0.15, 0.2) is 11.6 Å². The third kappa shape index (κ3) is 8.25. The summed E-state index contributed by atoms with van der Waals surface area (Å²) in [6, 6.07) is 0.505. The molecule has 3 saturated carbocycles. The normalized spacial score (nSPS) is 37.4. The fourth-order valence-corrected chi connectivity index (χ4v) is 10.7. The molecule has 0 aromatic rings. The standard InChI is InChI=1S/C34H63N3O5S/c1-23(2)31(42-43(39,40)41)12-9-24(3)27-10-11-28-32-29(14-16-34(27,28)5)33(4)15-13-26(21-25(33)22-30(32)38)37-20-8-19-36-18-7-6-17-35/h22-24,26-32,36-38H,6-21,35H2,1-5H3,(H,39,40,41)/t24-,26+,27-,28?,29?,30-,31-,32?,33+,34-/m1/s1. The summed E-state index contributed by atoms with van der Waals surface area (Å²) < 4.78 is 37.1. The molecule has 0 aliphatic heterocycles. The Kier molecular flexibility index (Phi) is 12.2. The molecule has 0 saturated heterocycles. The molecule has 43 heavy (non-hydrogen) atoms. The molecule has 0 amide bonds. The van der Waals surface area contributed by atoms with E-state index in [0.717, 1.165) is 58.3 Å². The van der Waals surface area contributed by atoms with Gasteiger partial charge in [0.05, 0.1) is 12.2 Å². The fourth-order valence-electron chi connectivity index (χ4n) is 10.1. The Morgan fingerprint density at radius 1 is 1.00 bits per heavy atom. The fraction of sp³-hybridized carbons (Fsp3) is 0.941. The van der Waals surface area contributed by atoms with Gasteiger partial charge in [0.25, 0.3) is 0 Å². The number of fused-ring (bicyclic) bond motifs is 5. The maximum Gasteiger partial charge on any atom is 0.397 e. The van der Waals surface area contributed by atoms with Gasteiger partial charge in [-0.1, -0.05) is 46.3 Å². The van der Waals surface area contributed by atoms with Gasteiger partial charge in [-0.3, -0.25) is 4.55 Å². The van der Waals surface area contributed by atoms with Crippen LogP contribution in [-0.4, -0.2) is 62.5 Å². The number of nitrogens with one attached hydrogen (secondary N) is 2. The zero-order valence-electron chi connectivity index (χ0n) is 27.7. The Bertz CT molecular complexity index is 1040. The quantitative estimate of drug-likeness (QED) is 0.0866. The second kappa shape index (κ2) is 14.9. The van der Waals surface area contributed by atoms with Gasteiger partial charge in [-0.2, -0.15) is 8.42 Å². The highest BCUT2D eigenvalue weighted by Gasteiger charge is 2.61. The zero-order valence-corrected chi connectivity index (χ0v) is 28.5. The summed E-state index contributed by atoms with van der Waals surface area (Å²) in [5, 5.41) is 19.0. The smallest absolute Gasteiger partial charge is 0.389 e. The van der Waals surface area contributed by atoms with Crippen molar-refractivity contribution in [2.24, 2.45) is 52.1 Å². The van der Waals surface area contributed by atoms with Crippen molar-refractivity contribution in [2.45, 2.75) is 130 Å². The Morgan fingerprint density at radius 2 is 1.74 bits per heavy atom. The molecule has 0 radical (unpaired) electrons. The van der Waals surface area contributed by atoms with E-state index in [1.807, 2.05) is 13.8 Å². The summed E-state index contributed by atoms with van der Waals surface area (Å²) in [6.07, 6.45) is 14.5. The van der Waals surface area contributed by atoms with Gasteiger partial charge in [-0.25, -0.2) is 4.18 Å². The molecule has 0 spiro atoms. The van der Waals surface area contributed by atoms with Gasteiger partial charge in [-0.05, 0) is 150 Å². The highest BCUT2D eigenvalue weighted by Crippen LogP contribution is 2.67. The summed E-state index contributed by atoms with van der Waals surface area (Å²) >= 11 is 0. The lowest BCUT2D eigenvalue weighted by Gasteiger charge is -2.59. The lowest BCUT2D eigenvalue weighted by atomic mass is 9.46. The van der Waals surface area contributed by atoms with E-state index in [2.05, 4.69) is 37.5 Å². The van der Waals surface area contributed by atoms with E-state index >= 15 is 0 Å². The van der Waals surface area contributed by atoms with Gasteiger partial charge < -0.3 is 21.5 Å². The molecule has 4 rings (SSSR count). The summed E-state index contributed by atoms with van der Waals surface area (Å²) in [6.45, 7) is 15.1. The molecule has 0 bridgehead atoms. The predicted molar refractivity (Wildman–Crippen MR) is 174 cm³/mol. The van der Waals surface area contributed by atoms with Crippen molar-refractivity contribution in [1.29, 1.82) is 0 Å². The van der Waals surface area contributed by atoms with E-state index in [9.17, 15) is 18.1 Å². The summed E-state index contributed by atoms with van der Waals surface area (Å²) in [7, 11) is -4.46. The zero-order chi connectivity index (χ0) is 31.4. The van der Waals surface area contributed by atoms with E-state index in [1.165, 1.54) is 44.1 Å². The average molecular weight is 626 g/mol. The molecule has 4 aliphatic rings. The molecule has 0 heterocycles. The van der Waals surface area contributed by atoms with Gasteiger partial charge in [0, 0.05) is 6.04 Å². The molecular weight excluding hydrogens is 562 g/mol. The van der Waals surface area contributed by atoms with Crippen LogP contribution in [0.3, 0.4) is 0 Å². The van der Waals surface area contributed by atoms with Crippen LogP contribution in [0, 0.1) is 46.3 Å². The topological polar surface area (TPSA) is 134 Å². The second-order valence-electron chi connectivity index (χ2n) is 15.5. The SMILES string of the molecule is CC(C)[C@@H](CC[C@@H](C)[C@H]1CCC2C3C(CC[C@@]21C)[C@@]1(C)CC[C@H](NCCCNCCCCN)CC1=C[C@H]3O)OS(=O)(=O)O. The first kappa shape index (κ1) is 35.3. The Hall–Kier alpha value is -0.550. The molecule has 250 valence electrons. The van der Waals surface area contributed by atoms with Crippen molar-refractivity contribution in [3.05, 3.63) is 11.6 Å². The van der Waals surface area contributed by atoms with E-state index in [4.69, 9.17) is 9.92 Å². The first-order chi connectivity index (χ1) is 20.3. The average Bonchev–Trinajstić information content (AvgIpc) is 3.29. The number of unbranched alkanes of at least 4 members (excludes halogenated alkanes) is 1. The molecule has 8 nitrogen and oxygen atoms in total. The van der Waals surface area contributed by atoms with Crippen LogP contribution >= 0.6 is 0 Å². The van der Waals surface area contributed by atoms with Crippen LogP contribution in [0.25, 0.3) is 0 Å². The van der Waals surface area contributed by atoms with Gasteiger partial charge in [0.15, 0.2) is 0 Å². The maximum absolute atomic E-state index is 11.7. The third-order valence-electron chi connectivity index (χ3n) is 12.6. The van der Waals surface area contributed by atoms with Crippen molar-refractivity contribution >= 4 is 10.4 Å². The van der Waals surface area contributed by atoms with Crippen LogP contribution < -0.4 is 16.4 Å². The minimum absolute atomic E-state index is 0.00876. The van der Waals surface area contributed by atoms with Crippen LogP contribution in [-0.2, 0) is 14.6 Å². The second-order valence-corrected chi connectivity index (χ2v) is 16.5. The Morgan fingerprint density at radius 3 is 2.44 bits per heavy atom. The van der Waals surface area contributed by atoms with E-state index in [-0.39, 0.29) is 22.9 Å². The number of rotatable bonds is 16. The largest absolute Gasteiger partial charge is 0.397 e. The lowest BCUT2D eigenvalue weighted by Crippen LogP contribution is -2.55. The van der Waals surface area contributed by atoms with Crippen molar-refractivity contribution in [1.82, 2.24) is 10.6 Å². The third-order valence-corrected chi connectivity index (χ3v) is 13.0. The highest BCUT2D eigenvalue weighted by molar-refractivity contribution is 7.80. The van der Waals surface area contributed by atoms with Gasteiger partial charge in [0.2, 0.25) is 0 Å². The van der Waals surface area contributed by atoms with Crippen molar-refractivity contribution in [3.63, 3.8) is 0 Å². The summed E-state index contributed by atoms with van der Waals surface area (Å²) in [4.78, 5) is 0. The first-order valence-corrected chi connectivity index (χ1v) is 18.9. The Labute approximate surface area is 262 Å². The highest BCUT2D eigenvalue weighted by atomic mass is 32.3. The van der Waals surface area contributed by atoms with E-state index in [1.54, 1.807) is 0 Å². The minimum atomic E-state index is -4.46. The van der Waals surface area contributed by atoms with Crippen molar-refractivity contribution < 1.29 is 22.3 Å². The predicted octanol–water partition coefficient (Wildman–Crippen LogP) is 5.47. The number of nitrogens with two attached hydrogens (primary N) is 1. The summed E-state index contributed by atoms with van der Waals surface area (Å²) in [5.74, 6) is 2.38. The Balaban J connectivity index is 1.34. The van der Waals surface area contributed by atoms with Crippen molar-refractivity contribution in [2.75, 3.05) is 26.2 Å². The summed E-state index contributed by atoms with van der Waals surface area (Å²) in [5.41, 5.74) is 7.45. The minimum Gasteiger partial charge on any atom is -0.389 e. The van der Waals surface area contributed by atoms with Crippen LogP contribution in [0.1, 0.15) is 112 Å². The lowest BCUT2D eigenvalue weighted by molar-refractivity contribution is -0.0935. The maximum atomic E-state index is 11.7. The molecule has 4 aliphatic carbocycles. The monoisotopic (exact) mass is 625 g/mol. The molecule has 9 heteroatoms. The van der Waals surface area contributed by atoms with E-state index < -0.39 is 16.5 Å². The molecule has 10 atom stereocenters. The number of hydrogen-bond acceptors (Lipinski definition) is 7. The van der Waals surface area contributed by atoms with Gasteiger partial charge in [-0.15, -0.1) is 0 Å².